The Kier molecular flexibility index (Phi) is 4.74. The van der Waals surface area contributed by atoms with Crippen LogP contribution in [0.4, 0.5) is 0 Å². The summed E-state index contributed by atoms with van der Waals surface area (Å²) in [5.74, 6) is 0. The zero-order valence-electron chi connectivity index (χ0n) is 12.0. The standard InChI is InChI=1S/C14H23N5/c1-4-7-15-14(13-6-8-18(3)17-13)9-12-10-16-19(5-2)11-12/h6,8,10-11,14-15H,4-5,7,9H2,1-3H3. The van der Waals surface area contributed by atoms with Crippen LogP contribution in [0.3, 0.4) is 0 Å². The van der Waals surface area contributed by atoms with Gasteiger partial charge < -0.3 is 5.32 Å². The summed E-state index contributed by atoms with van der Waals surface area (Å²) in [4.78, 5) is 0. The van der Waals surface area contributed by atoms with E-state index in [2.05, 4.69) is 41.6 Å². The minimum Gasteiger partial charge on any atom is -0.308 e. The molecule has 1 N–H and O–H groups in total. The fraction of sp³-hybridized carbons (Fsp3) is 0.571. The molecule has 19 heavy (non-hydrogen) atoms. The predicted octanol–water partition coefficient (Wildman–Crippen LogP) is 1.92. The number of nitrogens with one attached hydrogen (secondary N) is 1. The third kappa shape index (κ3) is 3.67. The van der Waals surface area contributed by atoms with Crippen molar-refractivity contribution in [2.24, 2.45) is 7.05 Å². The van der Waals surface area contributed by atoms with E-state index in [1.54, 1.807) is 0 Å². The minimum absolute atomic E-state index is 0.260. The maximum atomic E-state index is 4.51. The lowest BCUT2D eigenvalue weighted by Crippen LogP contribution is -2.24. The van der Waals surface area contributed by atoms with Crippen LogP contribution >= 0.6 is 0 Å². The van der Waals surface area contributed by atoms with E-state index < -0.39 is 0 Å². The quantitative estimate of drug-likeness (QED) is 0.828. The van der Waals surface area contributed by atoms with Crippen molar-refractivity contribution in [2.75, 3.05) is 6.54 Å². The fourth-order valence-electron chi connectivity index (χ4n) is 2.14. The van der Waals surface area contributed by atoms with E-state index in [1.807, 2.05) is 28.8 Å². The van der Waals surface area contributed by atoms with Crippen LogP contribution in [0.5, 0.6) is 0 Å². The van der Waals surface area contributed by atoms with Gasteiger partial charge in [0.2, 0.25) is 0 Å². The maximum Gasteiger partial charge on any atom is 0.0797 e. The summed E-state index contributed by atoms with van der Waals surface area (Å²) in [7, 11) is 1.95. The Morgan fingerprint density at radius 2 is 2.21 bits per heavy atom. The second kappa shape index (κ2) is 6.52. The van der Waals surface area contributed by atoms with Gasteiger partial charge in [-0.2, -0.15) is 10.2 Å². The molecule has 0 aliphatic heterocycles. The molecule has 5 nitrogen and oxygen atoms in total. The molecular weight excluding hydrogens is 238 g/mol. The second-order valence-electron chi connectivity index (χ2n) is 4.83. The topological polar surface area (TPSA) is 47.7 Å². The van der Waals surface area contributed by atoms with Crippen LogP contribution in [0, 0.1) is 0 Å². The second-order valence-corrected chi connectivity index (χ2v) is 4.83. The molecule has 2 aromatic heterocycles. The van der Waals surface area contributed by atoms with Crippen LogP contribution in [0.1, 0.15) is 37.6 Å². The van der Waals surface area contributed by atoms with Crippen LogP contribution in [-0.2, 0) is 20.0 Å². The van der Waals surface area contributed by atoms with Crippen LogP contribution < -0.4 is 5.32 Å². The van der Waals surface area contributed by atoms with Gasteiger partial charge in [0, 0.05) is 26.0 Å². The molecule has 1 atom stereocenters. The molecule has 0 fully saturated rings. The van der Waals surface area contributed by atoms with Gasteiger partial charge in [-0.1, -0.05) is 6.92 Å². The first-order valence-electron chi connectivity index (χ1n) is 6.97. The van der Waals surface area contributed by atoms with Crippen molar-refractivity contribution in [1.82, 2.24) is 24.9 Å². The monoisotopic (exact) mass is 261 g/mol. The van der Waals surface area contributed by atoms with E-state index in [9.17, 15) is 0 Å². The zero-order chi connectivity index (χ0) is 13.7. The van der Waals surface area contributed by atoms with E-state index in [1.165, 1.54) is 5.56 Å². The lowest BCUT2D eigenvalue weighted by Gasteiger charge is -2.15. The number of aromatic nitrogens is 4. The summed E-state index contributed by atoms with van der Waals surface area (Å²) >= 11 is 0. The SMILES string of the molecule is CCCNC(Cc1cnn(CC)c1)c1ccn(C)n1. The van der Waals surface area contributed by atoms with Gasteiger partial charge in [0.15, 0.2) is 0 Å². The lowest BCUT2D eigenvalue weighted by atomic mass is 10.1. The Bertz CT molecular complexity index is 499. The molecule has 0 aromatic carbocycles. The van der Waals surface area contributed by atoms with Gasteiger partial charge in [0.1, 0.15) is 0 Å². The Morgan fingerprint density at radius 1 is 1.37 bits per heavy atom. The van der Waals surface area contributed by atoms with E-state index in [-0.39, 0.29) is 6.04 Å². The lowest BCUT2D eigenvalue weighted by molar-refractivity contribution is 0.510. The van der Waals surface area contributed by atoms with Crippen LogP contribution in [-0.4, -0.2) is 26.1 Å². The molecule has 2 aromatic rings. The number of hydrogen-bond donors (Lipinski definition) is 1. The molecule has 2 heterocycles. The number of rotatable bonds is 7. The minimum atomic E-state index is 0.260. The molecule has 0 amide bonds. The van der Waals surface area contributed by atoms with Gasteiger partial charge in [-0.25, -0.2) is 0 Å². The molecule has 0 saturated carbocycles. The highest BCUT2D eigenvalue weighted by Crippen LogP contribution is 2.16. The molecule has 1 unspecified atom stereocenters. The molecule has 104 valence electrons. The van der Waals surface area contributed by atoms with Crippen molar-refractivity contribution in [2.45, 2.75) is 39.3 Å². The van der Waals surface area contributed by atoms with Crippen molar-refractivity contribution < 1.29 is 0 Å². The highest BCUT2D eigenvalue weighted by molar-refractivity contribution is 5.13. The first-order valence-corrected chi connectivity index (χ1v) is 6.97. The number of nitrogens with zero attached hydrogens (tertiary/aromatic N) is 4. The van der Waals surface area contributed by atoms with Gasteiger partial charge in [-0.05, 0) is 37.9 Å². The number of hydrogen-bond acceptors (Lipinski definition) is 3. The summed E-state index contributed by atoms with van der Waals surface area (Å²) in [6, 6.07) is 2.34. The predicted molar refractivity (Wildman–Crippen MR) is 75.8 cm³/mol. The average molecular weight is 261 g/mol. The molecule has 0 radical (unpaired) electrons. The van der Waals surface area contributed by atoms with E-state index in [0.29, 0.717) is 0 Å². The van der Waals surface area contributed by atoms with Gasteiger partial charge in [-0.3, -0.25) is 9.36 Å². The van der Waals surface area contributed by atoms with Gasteiger partial charge in [0.25, 0.3) is 0 Å². The van der Waals surface area contributed by atoms with Crippen molar-refractivity contribution in [1.29, 1.82) is 0 Å². The van der Waals surface area contributed by atoms with Crippen LogP contribution in [0.2, 0.25) is 0 Å². The van der Waals surface area contributed by atoms with E-state index in [0.717, 1.165) is 31.6 Å². The highest BCUT2D eigenvalue weighted by Gasteiger charge is 2.15. The Balaban J connectivity index is 2.09. The normalized spacial score (nSPS) is 12.8. The molecule has 0 spiro atoms. The largest absolute Gasteiger partial charge is 0.308 e. The molecular formula is C14H23N5. The van der Waals surface area contributed by atoms with Gasteiger partial charge in [0.05, 0.1) is 17.9 Å². The maximum absolute atomic E-state index is 4.51. The number of aryl methyl sites for hydroxylation is 2. The van der Waals surface area contributed by atoms with Crippen molar-refractivity contribution >= 4 is 0 Å². The molecule has 5 heteroatoms. The van der Waals surface area contributed by atoms with Crippen molar-refractivity contribution in [3.8, 4) is 0 Å². The average Bonchev–Trinajstić information content (AvgIpc) is 3.03. The fourth-order valence-corrected chi connectivity index (χ4v) is 2.14. The Labute approximate surface area is 114 Å². The molecule has 0 aliphatic rings. The van der Waals surface area contributed by atoms with E-state index >= 15 is 0 Å². The molecule has 2 rings (SSSR count). The van der Waals surface area contributed by atoms with Crippen molar-refractivity contribution in [3.63, 3.8) is 0 Å². The summed E-state index contributed by atoms with van der Waals surface area (Å²) in [6.45, 7) is 6.19. The zero-order valence-corrected chi connectivity index (χ0v) is 12.0. The summed E-state index contributed by atoms with van der Waals surface area (Å²) < 4.78 is 3.82. The van der Waals surface area contributed by atoms with Gasteiger partial charge >= 0.3 is 0 Å². The van der Waals surface area contributed by atoms with Gasteiger partial charge in [-0.15, -0.1) is 0 Å². The van der Waals surface area contributed by atoms with Crippen LogP contribution in [0.25, 0.3) is 0 Å². The summed E-state index contributed by atoms with van der Waals surface area (Å²) in [5, 5.41) is 12.4. The Morgan fingerprint density at radius 3 is 2.79 bits per heavy atom. The summed E-state index contributed by atoms with van der Waals surface area (Å²) in [6.07, 6.45) is 8.11. The molecule has 0 aliphatic carbocycles. The van der Waals surface area contributed by atoms with E-state index in [4.69, 9.17) is 0 Å². The first kappa shape index (κ1) is 13.8. The van der Waals surface area contributed by atoms with Crippen molar-refractivity contribution in [3.05, 3.63) is 35.9 Å². The first-order chi connectivity index (χ1) is 9.22. The summed E-state index contributed by atoms with van der Waals surface area (Å²) in [5.41, 5.74) is 2.35. The molecule has 0 bridgehead atoms. The Hall–Kier alpha value is -1.62. The molecule has 0 saturated heterocycles. The highest BCUT2D eigenvalue weighted by atomic mass is 15.3. The third-order valence-corrected chi connectivity index (χ3v) is 3.18. The smallest absolute Gasteiger partial charge is 0.0797 e. The third-order valence-electron chi connectivity index (χ3n) is 3.18. The van der Waals surface area contributed by atoms with Crippen LogP contribution in [0.15, 0.2) is 24.7 Å².